The van der Waals surface area contributed by atoms with Gasteiger partial charge in [0, 0.05) is 17.7 Å². The average molecular weight is 326 g/mol. The van der Waals surface area contributed by atoms with Crippen LogP contribution in [0.1, 0.15) is 35.6 Å². The number of ether oxygens (including phenoxy) is 1. The molecule has 1 aromatic carbocycles. The van der Waals surface area contributed by atoms with E-state index >= 15 is 0 Å². The van der Waals surface area contributed by atoms with E-state index in [1.807, 2.05) is 51.1 Å². The van der Waals surface area contributed by atoms with Crippen LogP contribution in [0.25, 0.3) is 0 Å². The molecule has 1 aromatic heterocycles. The van der Waals surface area contributed by atoms with Crippen LogP contribution in [0.3, 0.4) is 0 Å². The van der Waals surface area contributed by atoms with Crippen molar-refractivity contribution < 1.29 is 13.9 Å². The summed E-state index contributed by atoms with van der Waals surface area (Å²) in [6, 6.07) is 9.00. The molecule has 0 bridgehead atoms. The largest absolute Gasteiger partial charge is 0.481 e. The van der Waals surface area contributed by atoms with E-state index in [9.17, 15) is 4.79 Å². The van der Waals surface area contributed by atoms with Crippen LogP contribution in [0.5, 0.6) is 5.75 Å². The van der Waals surface area contributed by atoms with Crippen LogP contribution >= 0.6 is 0 Å². The summed E-state index contributed by atoms with van der Waals surface area (Å²) in [6.45, 7) is 6.23. The number of furan rings is 1. The fourth-order valence-corrected chi connectivity index (χ4v) is 2.49. The summed E-state index contributed by atoms with van der Waals surface area (Å²) in [5, 5.41) is 5.73. The molecule has 0 aliphatic rings. The average Bonchev–Trinajstić information content (AvgIpc) is 2.90. The molecule has 5 heteroatoms. The first-order valence-corrected chi connectivity index (χ1v) is 7.76. The summed E-state index contributed by atoms with van der Waals surface area (Å²) in [5.74, 6) is 4.74. The van der Waals surface area contributed by atoms with Crippen LogP contribution in [-0.4, -0.2) is 12.6 Å². The lowest BCUT2D eigenvalue weighted by molar-refractivity contribution is 0.237. The van der Waals surface area contributed by atoms with Crippen LogP contribution < -0.4 is 15.4 Å². The van der Waals surface area contributed by atoms with E-state index in [1.54, 1.807) is 0 Å². The topological polar surface area (TPSA) is 63.5 Å². The lowest BCUT2D eigenvalue weighted by atomic mass is 10.1. The van der Waals surface area contributed by atoms with Gasteiger partial charge in [0.15, 0.2) is 0 Å². The van der Waals surface area contributed by atoms with E-state index in [-0.39, 0.29) is 18.7 Å². The number of carbonyl (C=O) groups excluding carboxylic acids is 1. The number of para-hydroxylation sites is 1. The van der Waals surface area contributed by atoms with Crippen LogP contribution in [0.4, 0.5) is 4.79 Å². The zero-order valence-electron chi connectivity index (χ0n) is 14.2. The van der Waals surface area contributed by atoms with Crippen molar-refractivity contribution in [3.05, 3.63) is 53.0 Å². The van der Waals surface area contributed by atoms with E-state index in [4.69, 9.17) is 15.6 Å². The molecule has 126 valence electrons. The molecular formula is C19H22N2O3. The summed E-state index contributed by atoms with van der Waals surface area (Å²) in [4.78, 5) is 12.1. The van der Waals surface area contributed by atoms with Gasteiger partial charge in [-0.25, -0.2) is 4.79 Å². The van der Waals surface area contributed by atoms with Gasteiger partial charge in [0.2, 0.25) is 0 Å². The molecule has 1 atom stereocenters. The minimum absolute atomic E-state index is 0.143. The molecule has 0 saturated carbocycles. The Balaban J connectivity index is 1.92. The molecule has 24 heavy (non-hydrogen) atoms. The molecule has 0 radical (unpaired) electrons. The summed E-state index contributed by atoms with van der Waals surface area (Å²) in [6.07, 6.45) is 5.21. The lowest BCUT2D eigenvalue weighted by Crippen LogP contribution is -2.36. The predicted molar refractivity (Wildman–Crippen MR) is 92.7 cm³/mol. The molecule has 0 fully saturated rings. The van der Waals surface area contributed by atoms with E-state index in [1.165, 1.54) is 0 Å². The molecule has 0 aliphatic carbocycles. The van der Waals surface area contributed by atoms with Crippen molar-refractivity contribution in [1.29, 1.82) is 0 Å². The Hall–Kier alpha value is -2.87. The van der Waals surface area contributed by atoms with E-state index in [0.717, 1.165) is 22.6 Å². The van der Waals surface area contributed by atoms with Crippen molar-refractivity contribution in [2.24, 2.45) is 0 Å². The number of aryl methyl sites for hydroxylation is 2. The minimum Gasteiger partial charge on any atom is -0.481 e. The molecule has 2 N–H and O–H groups in total. The Morgan fingerprint density at radius 2 is 2.12 bits per heavy atom. The number of urea groups is 1. The Labute approximate surface area is 142 Å². The fraction of sp³-hybridized carbons (Fsp3) is 0.316. The van der Waals surface area contributed by atoms with E-state index in [2.05, 4.69) is 16.6 Å². The van der Waals surface area contributed by atoms with Gasteiger partial charge in [-0.05, 0) is 32.9 Å². The Morgan fingerprint density at radius 3 is 2.79 bits per heavy atom. The molecule has 2 rings (SSSR count). The SMILES string of the molecule is C#CCOc1ccccc1CNC(=O)N[C@H](C)c1cc(C)oc1C. The van der Waals surface area contributed by atoms with Gasteiger partial charge in [0.25, 0.3) is 0 Å². The second-order valence-electron chi connectivity index (χ2n) is 5.52. The van der Waals surface area contributed by atoms with Crippen LogP contribution in [0.15, 0.2) is 34.7 Å². The first kappa shape index (κ1) is 17.5. The first-order valence-electron chi connectivity index (χ1n) is 7.76. The van der Waals surface area contributed by atoms with Gasteiger partial charge in [0.1, 0.15) is 23.9 Å². The van der Waals surface area contributed by atoms with E-state index in [0.29, 0.717) is 12.3 Å². The van der Waals surface area contributed by atoms with Gasteiger partial charge in [0.05, 0.1) is 6.04 Å². The summed E-state index contributed by atoms with van der Waals surface area (Å²) in [5.41, 5.74) is 1.84. The highest BCUT2D eigenvalue weighted by Gasteiger charge is 2.15. The van der Waals surface area contributed by atoms with Crippen molar-refractivity contribution in [1.82, 2.24) is 10.6 Å². The van der Waals surface area contributed by atoms with Crippen molar-refractivity contribution in [2.45, 2.75) is 33.4 Å². The highest BCUT2D eigenvalue weighted by molar-refractivity contribution is 5.74. The highest BCUT2D eigenvalue weighted by Crippen LogP contribution is 2.21. The number of terminal acetylenes is 1. The smallest absolute Gasteiger partial charge is 0.315 e. The Morgan fingerprint density at radius 1 is 1.38 bits per heavy atom. The summed E-state index contributed by atoms with van der Waals surface area (Å²) < 4.78 is 11.0. The predicted octanol–water partition coefficient (Wildman–Crippen LogP) is 3.47. The highest BCUT2D eigenvalue weighted by atomic mass is 16.5. The molecule has 0 aliphatic heterocycles. The fourth-order valence-electron chi connectivity index (χ4n) is 2.49. The third-order valence-electron chi connectivity index (χ3n) is 3.62. The zero-order chi connectivity index (χ0) is 17.5. The number of hydrogen-bond acceptors (Lipinski definition) is 3. The quantitative estimate of drug-likeness (QED) is 0.799. The summed E-state index contributed by atoms with van der Waals surface area (Å²) >= 11 is 0. The number of rotatable bonds is 6. The maximum Gasteiger partial charge on any atom is 0.315 e. The molecule has 1 heterocycles. The van der Waals surface area contributed by atoms with Crippen molar-refractivity contribution >= 4 is 6.03 Å². The van der Waals surface area contributed by atoms with Crippen LogP contribution in [0.2, 0.25) is 0 Å². The number of carbonyl (C=O) groups is 1. The molecule has 0 saturated heterocycles. The van der Waals surface area contributed by atoms with Gasteiger partial charge in [-0.2, -0.15) is 0 Å². The monoisotopic (exact) mass is 326 g/mol. The molecule has 5 nitrogen and oxygen atoms in total. The van der Waals surface area contributed by atoms with Gasteiger partial charge in [-0.15, -0.1) is 6.42 Å². The second-order valence-corrected chi connectivity index (χ2v) is 5.52. The van der Waals surface area contributed by atoms with Gasteiger partial charge in [-0.3, -0.25) is 0 Å². The molecule has 2 aromatic rings. The van der Waals surface area contributed by atoms with Crippen molar-refractivity contribution in [3.63, 3.8) is 0 Å². The maximum absolute atomic E-state index is 12.1. The van der Waals surface area contributed by atoms with Crippen LogP contribution in [0, 0.1) is 26.2 Å². The van der Waals surface area contributed by atoms with Gasteiger partial charge >= 0.3 is 6.03 Å². The van der Waals surface area contributed by atoms with E-state index < -0.39 is 0 Å². The maximum atomic E-state index is 12.1. The molecule has 2 amide bonds. The van der Waals surface area contributed by atoms with Gasteiger partial charge in [-0.1, -0.05) is 24.1 Å². The Bertz CT molecular complexity index is 743. The first-order chi connectivity index (χ1) is 11.5. The third-order valence-corrected chi connectivity index (χ3v) is 3.62. The van der Waals surface area contributed by atoms with Crippen LogP contribution in [-0.2, 0) is 6.54 Å². The second kappa shape index (κ2) is 8.11. The third kappa shape index (κ3) is 4.56. The zero-order valence-corrected chi connectivity index (χ0v) is 14.2. The van der Waals surface area contributed by atoms with Gasteiger partial charge < -0.3 is 19.8 Å². The Kier molecular flexibility index (Phi) is 5.91. The molecular weight excluding hydrogens is 304 g/mol. The number of amides is 2. The normalized spacial score (nSPS) is 11.4. The number of nitrogens with one attached hydrogen (secondary N) is 2. The van der Waals surface area contributed by atoms with Crippen molar-refractivity contribution in [2.75, 3.05) is 6.61 Å². The molecule has 0 unspecified atom stereocenters. The lowest BCUT2D eigenvalue weighted by Gasteiger charge is -2.15. The summed E-state index contributed by atoms with van der Waals surface area (Å²) in [7, 11) is 0. The standard InChI is InChI=1S/C19H22N2O3/c1-5-10-23-18-9-7-6-8-16(18)12-20-19(22)21-14(3)17-11-13(2)24-15(17)4/h1,6-9,11,14H,10,12H2,2-4H3,(H2,20,21,22)/t14-/m1/s1. The number of benzene rings is 1. The number of hydrogen-bond donors (Lipinski definition) is 2. The minimum atomic E-state index is -0.257. The van der Waals surface area contributed by atoms with Crippen molar-refractivity contribution in [3.8, 4) is 18.1 Å². The molecule has 0 spiro atoms.